The first-order valence-electron chi connectivity index (χ1n) is 6.77. The number of sulfonamides is 1. The van der Waals surface area contributed by atoms with Gasteiger partial charge in [0.2, 0.25) is 10.0 Å². The Morgan fingerprint density at radius 3 is 2.81 bits per heavy atom. The van der Waals surface area contributed by atoms with Crippen LogP contribution in [-0.4, -0.2) is 38.7 Å². The van der Waals surface area contributed by atoms with Crippen LogP contribution in [0.5, 0.6) is 0 Å². The van der Waals surface area contributed by atoms with Crippen LogP contribution in [0.3, 0.4) is 0 Å². The Morgan fingerprint density at radius 1 is 1.48 bits per heavy atom. The predicted octanol–water partition coefficient (Wildman–Crippen LogP) is 1.42. The highest BCUT2D eigenvalue weighted by atomic mass is 32.2. The number of rotatable bonds is 5. The number of nitrogens with zero attached hydrogens (tertiary/aromatic N) is 2. The highest BCUT2D eigenvalue weighted by Crippen LogP contribution is 2.34. The molecule has 1 saturated heterocycles. The van der Waals surface area contributed by atoms with Crippen LogP contribution in [0, 0.1) is 17.0 Å². The molecule has 0 unspecified atom stereocenters. The quantitative estimate of drug-likeness (QED) is 0.655. The van der Waals surface area contributed by atoms with Crippen molar-refractivity contribution in [3.63, 3.8) is 0 Å². The van der Waals surface area contributed by atoms with Crippen molar-refractivity contribution in [1.82, 2.24) is 4.72 Å². The number of benzene rings is 1. The Morgan fingerprint density at radius 2 is 2.19 bits per heavy atom. The highest BCUT2D eigenvalue weighted by molar-refractivity contribution is 7.89. The second-order valence-electron chi connectivity index (χ2n) is 5.22. The predicted molar refractivity (Wildman–Crippen MR) is 81.0 cm³/mol. The van der Waals surface area contributed by atoms with Crippen molar-refractivity contribution in [2.45, 2.75) is 25.8 Å². The van der Waals surface area contributed by atoms with Gasteiger partial charge in [0, 0.05) is 18.7 Å². The molecule has 1 fully saturated rings. The van der Waals surface area contributed by atoms with Crippen LogP contribution in [0.25, 0.3) is 0 Å². The number of hydrogen-bond donors (Lipinski definition) is 1. The van der Waals surface area contributed by atoms with Crippen molar-refractivity contribution in [2.24, 2.45) is 0 Å². The average molecular weight is 313 g/mol. The number of hydrogen-bond acceptors (Lipinski definition) is 5. The summed E-state index contributed by atoms with van der Waals surface area (Å²) in [6.07, 6.45) is 1.54. The van der Waals surface area contributed by atoms with E-state index in [0.717, 1.165) is 12.0 Å². The van der Waals surface area contributed by atoms with Gasteiger partial charge in [0.15, 0.2) is 0 Å². The van der Waals surface area contributed by atoms with Crippen LogP contribution in [0.4, 0.5) is 11.4 Å². The van der Waals surface area contributed by atoms with Gasteiger partial charge in [0.1, 0.15) is 5.69 Å². The normalized spacial score (nSPS) is 19.0. The SMILES string of the molecule is CNS(=O)(=O)C[C@H]1CCCN1c1ccc(C)cc1[N+](=O)[O-]. The first kappa shape index (κ1) is 15.7. The summed E-state index contributed by atoms with van der Waals surface area (Å²) in [4.78, 5) is 12.7. The van der Waals surface area contributed by atoms with Gasteiger partial charge in [-0.3, -0.25) is 10.1 Å². The summed E-state index contributed by atoms with van der Waals surface area (Å²) in [6.45, 7) is 2.43. The molecule has 1 aliphatic heterocycles. The minimum atomic E-state index is -3.35. The summed E-state index contributed by atoms with van der Waals surface area (Å²) in [6, 6.07) is 4.81. The van der Waals surface area contributed by atoms with E-state index in [1.54, 1.807) is 13.0 Å². The molecular formula is C13H19N3O4S. The fourth-order valence-electron chi connectivity index (χ4n) is 2.69. The largest absolute Gasteiger partial charge is 0.362 e. The van der Waals surface area contributed by atoms with E-state index in [2.05, 4.69) is 4.72 Å². The number of nitro benzene ring substituents is 1. The van der Waals surface area contributed by atoms with E-state index in [-0.39, 0.29) is 17.5 Å². The summed E-state index contributed by atoms with van der Waals surface area (Å²) < 4.78 is 25.8. The smallest absolute Gasteiger partial charge is 0.292 e. The summed E-state index contributed by atoms with van der Waals surface area (Å²) in [5.41, 5.74) is 1.34. The summed E-state index contributed by atoms with van der Waals surface area (Å²) in [5, 5.41) is 11.2. The lowest BCUT2D eigenvalue weighted by molar-refractivity contribution is -0.384. The lowest BCUT2D eigenvalue weighted by Crippen LogP contribution is -2.38. The zero-order chi connectivity index (χ0) is 15.6. The van der Waals surface area contributed by atoms with E-state index in [9.17, 15) is 18.5 Å². The molecule has 0 aliphatic carbocycles. The zero-order valence-corrected chi connectivity index (χ0v) is 12.9. The topological polar surface area (TPSA) is 92.6 Å². The fraction of sp³-hybridized carbons (Fsp3) is 0.538. The molecule has 1 aromatic rings. The van der Waals surface area contributed by atoms with Crippen LogP contribution < -0.4 is 9.62 Å². The Bertz CT molecular complexity index is 645. The molecule has 0 radical (unpaired) electrons. The van der Waals surface area contributed by atoms with Gasteiger partial charge in [-0.15, -0.1) is 0 Å². The molecule has 0 saturated carbocycles. The van der Waals surface area contributed by atoms with Crippen LogP contribution in [0.15, 0.2) is 18.2 Å². The molecule has 1 N–H and O–H groups in total. The first-order chi connectivity index (χ1) is 9.84. The van der Waals surface area contributed by atoms with E-state index in [1.807, 2.05) is 11.0 Å². The van der Waals surface area contributed by atoms with Crippen molar-refractivity contribution in [3.8, 4) is 0 Å². The van der Waals surface area contributed by atoms with Gasteiger partial charge in [-0.05, 0) is 38.4 Å². The third-order valence-electron chi connectivity index (χ3n) is 3.74. The molecule has 0 amide bonds. The maximum Gasteiger partial charge on any atom is 0.292 e. The van der Waals surface area contributed by atoms with Gasteiger partial charge >= 0.3 is 0 Å². The Balaban J connectivity index is 2.34. The third-order valence-corrected chi connectivity index (χ3v) is 5.18. The van der Waals surface area contributed by atoms with Gasteiger partial charge in [0.25, 0.3) is 5.69 Å². The maximum absolute atomic E-state index is 11.7. The average Bonchev–Trinajstić information content (AvgIpc) is 2.86. The van der Waals surface area contributed by atoms with Gasteiger partial charge < -0.3 is 4.90 Å². The number of nitro groups is 1. The van der Waals surface area contributed by atoms with E-state index in [1.165, 1.54) is 13.1 Å². The Labute approximate surface area is 124 Å². The molecule has 116 valence electrons. The molecule has 7 nitrogen and oxygen atoms in total. The van der Waals surface area contributed by atoms with Gasteiger partial charge in [0.05, 0.1) is 10.7 Å². The van der Waals surface area contributed by atoms with E-state index in [4.69, 9.17) is 0 Å². The molecule has 0 spiro atoms. The van der Waals surface area contributed by atoms with E-state index >= 15 is 0 Å². The minimum absolute atomic E-state index is 0.0313. The number of aryl methyl sites for hydroxylation is 1. The second-order valence-corrected chi connectivity index (χ2v) is 7.20. The molecule has 1 heterocycles. The number of anilines is 1. The van der Waals surface area contributed by atoms with Gasteiger partial charge in [-0.2, -0.15) is 0 Å². The van der Waals surface area contributed by atoms with Crippen molar-refractivity contribution >= 4 is 21.4 Å². The Kier molecular flexibility index (Phi) is 4.48. The van der Waals surface area contributed by atoms with Crippen LogP contribution >= 0.6 is 0 Å². The van der Waals surface area contributed by atoms with Gasteiger partial charge in [-0.1, -0.05) is 6.07 Å². The third kappa shape index (κ3) is 3.51. The Hall–Kier alpha value is -1.67. The standard InChI is InChI=1S/C13H19N3O4S/c1-10-5-6-12(13(8-10)16(17)18)15-7-3-4-11(15)9-21(19,20)14-2/h5-6,8,11,14H,3-4,7,9H2,1-2H3/t11-/m1/s1. The zero-order valence-electron chi connectivity index (χ0n) is 12.1. The van der Waals surface area contributed by atoms with Crippen molar-refractivity contribution in [1.29, 1.82) is 0 Å². The van der Waals surface area contributed by atoms with Crippen molar-refractivity contribution in [3.05, 3.63) is 33.9 Å². The van der Waals surface area contributed by atoms with Crippen molar-refractivity contribution in [2.75, 3.05) is 24.2 Å². The van der Waals surface area contributed by atoms with E-state index in [0.29, 0.717) is 18.7 Å². The first-order valence-corrected chi connectivity index (χ1v) is 8.42. The van der Waals surface area contributed by atoms with Crippen molar-refractivity contribution < 1.29 is 13.3 Å². The molecule has 1 aliphatic rings. The second kappa shape index (κ2) is 5.98. The monoisotopic (exact) mass is 313 g/mol. The summed E-state index contributed by atoms with van der Waals surface area (Å²) >= 11 is 0. The molecule has 1 atom stereocenters. The molecule has 1 aromatic carbocycles. The molecular weight excluding hydrogens is 294 g/mol. The van der Waals surface area contributed by atoms with Crippen LogP contribution in [0.2, 0.25) is 0 Å². The maximum atomic E-state index is 11.7. The minimum Gasteiger partial charge on any atom is -0.362 e. The molecule has 0 bridgehead atoms. The lowest BCUT2D eigenvalue weighted by Gasteiger charge is -2.26. The summed E-state index contributed by atoms with van der Waals surface area (Å²) in [5.74, 6) is -0.0471. The van der Waals surface area contributed by atoms with Gasteiger partial charge in [-0.25, -0.2) is 13.1 Å². The highest BCUT2D eigenvalue weighted by Gasteiger charge is 2.32. The summed E-state index contributed by atoms with van der Waals surface area (Å²) in [7, 11) is -1.97. The van der Waals surface area contributed by atoms with Crippen LogP contribution in [-0.2, 0) is 10.0 Å². The molecule has 2 rings (SSSR count). The van der Waals surface area contributed by atoms with E-state index < -0.39 is 14.9 Å². The molecule has 8 heteroatoms. The molecule has 21 heavy (non-hydrogen) atoms. The fourth-order valence-corrected chi connectivity index (χ4v) is 3.71. The number of nitrogens with one attached hydrogen (secondary N) is 1. The van der Waals surface area contributed by atoms with Crippen LogP contribution in [0.1, 0.15) is 18.4 Å². The lowest BCUT2D eigenvalue weighted by atomic mass is 10.1. The molecule has 0 aromatic heterocycles.